The minimum Gasteiger partial charge on any atom is -0.458 e. The van der Waals surface area contributed by atoms with Gasteiger partial charge < -0.3 is 14.2 Å². The Labute approximate surface area is 169 Å². The van der Waals surface area contributed by atoms with Crippen LogP contribution in [-0.4, -0.2) is 30.3 Å². The summed E-state index contributed by atoms with van der Waals surface area (Å²) in [5.41, 5.74) is 1.48. The first-order valence-corrected chi connectivity index (χ1v) is 9.52. The molecular formula is C24H22O5. The van der Waals surface area contributed by atoms with Crippen LogP contribution >= 0.6 is 0 Å². The molecule has 1 fully saturated rings. The third-order valence-electron chi connectivity index (χ3n) is 5.18. The van der Waals surface area contributed by atoms with Crippen LogP contribution in [0.2, 0.25) is 0 Å². The number of hydrogen-bond acceptors (Lipinski definition) is 5. The van der Waals surface area contributed by atoms with Gasteiger partial charge in [-0.15, -0.1) is 0 Å². The molecule has 0 aliphatic carbocycles. The van der Waals surface area contributed by atoms with Crippen LogP contribution in [0.1, 0.15) is 28.4 Å². The van der Waals surface area contributed by atoms with Crippen molar-refractivity contribution in [3.05, 3.63) is 83.4 Å². The zero-order valence-corrected chi connectivity index (χ0v) is 16.4. The predicted molar refractivity (Wildman–Crippen MR) is 108 cm³/mol. The van der Waals surface area contributed by atoms with E-state index < -0.39 is 23.6 Å². The maximum Gasteiger partial charge on any atom is 0.350 e. The highest BCUT2D eigenvalue weighted by Gasteiger charge is 2.54. The van der Waals surface area contributed by atoms with Crippen LogP contribution in [0.4, 0.5) is 0 Å². The summed E-state index contributed by atoms with van der Waals surface area (Å²) < 4.78 is 16.4. The maximum absolute atomic E-state index is 12.9. The second kappa shape index (κ2) is 7.68. The van der Waals surface area contributed by atoms with E-state index in [0.717, 1.165) is 21.9 Å². The summed E-state index contributed by atoms with van der Waals surface area (Å²) in [6.45, 7) is 4.17. The molecule has 1 aliphatic heterocycles. The van der Waals surface area contributed by atoms with Crippen molar-refractivity contribution in [2.75, 3.05) is 6.61 Å². The Balaban J connectivity index is 1.54. The van der Waals surface area contributed by atoms with Crippen molar-refractivity contribution in [2.45, 2.75) is 32.2 Å². The maximum atomic E-state index is 12.9. The third-order valence-corrected chi connectivity index (χ3v) is 5.18. The van der Waals surface area contributed by atoms with Crippen LogP contribution in [0.3, 0.4) is 0 Å². The van der Waals surface area contributed by atoms with Gasteiger partial charge in [-0.2, -0.15) is 0 Å². The van der Waals surface area contributed by atoms with Gasteiger partial charge in [-0.1, -0.05) is 60.7 Å². The number of benzene rings is 3. The Kier molecular flexibility index (Phi) is 5.07. The summed E-state index contributed by atoms with van der Waals surface area (Å²) in [5.74, 6) is -1.18. The van der Waals surface area contributed by atoms with E-state index in [1.54, 1.807) is 13.0 Å². The molecule has 3 aromatic rings. The van der Waals surface area contributed by atoms with Crippen molar-refractivity contribution in [1.82, 2.24) is 0 Å². The molecular weight excluding hydrogens is 368 g/mol. The van der Waals surface area contributed by atoms with Gasteiger partial charge in [0.15, 0.2) is 0 Å². The van der Waals surface area contributed by atoms with E-state index in [1.165, 1.54) is 0 Å². The summed E-state index contributed by atoms with van der Waals surface area (Å²) in [4.78, 5) is 25.7. The number of ether oxygens (including phenoxy) is 3. The minimum absolute atomic E-state index is 0.108. The number of rotatable bonds is 6. The van der Waals surface area contributed by atoms with Crippen LogP contribution in [0.25, 0.3) is 10.8 Å². The molecule has 0 N–H and O–H groups in total. The molecule has 0 unspecified atom stereocenters. The first-order valence-electron chi connectivity index (χ1n) is 9.52. The zero-order chi connectivity index (χ0) is 20.4. The van der Waals surface area contributed by atoms with E-state index in [9.17, 15) is 9.59 Å². The molecule has 0 saturated carbocycles. The molecule has 4 rings (SSSR count). The summed E-state index contributed by atoms with van der Waals surface area (Å²) in [7, 11) is 0. The van der Waals surface area contributed by atoms with E-state index in [4.69, 9.17) is 14.2 Å². The van der Waals surface area contributed by atoms with E-state index in [0.29, 0.717) is 12.2 Å². The lowest BCUT2D eigenvalue weighted by Gasteiger charge is -2.20. The average Bonchev–Trinajstić information content (AvgIpc) is 3.49. The predicted octanol–water partition coefficient (Wildman–Crippen LogP) is 4.21. The van der Waals surface area contributed by atoms with Gasteiger partial charge in [0.25, 0.3) is 0 Å². The van der Waals surface area contributed by atoms with Gasteiger partial charge in [0, 0.05) is 0 Å². The van der Waals surface area contributed by atoms with Crippen molar-refractivity contribution in [2.24, 2.45) is 0 Å². The van der Waals surface area contributed by atoms with Gasteiger partial charge in [-0.05, 0) is 41.8 Å². The summed E-state index contributed by atoms with van der Waals surface area (Å²) in [6, 6.07) is 20.6. The molecule has 1 saturated heterocycles. The van der Waals surface area contributed by atoms with Gasteiger partial charge >= 0.3 is 11.9 Å². The smallest absolute Gasteiger partial charge is 0.350 e. The first-order chi connectivity index (χ1) is 14.0. The van der Waals surface area contributed by atoms with E-state index in [-0.39, 0.29) is 6.61 Å². The van der Waals surface area contributed by atoms with Gasteiger partial charge in [-0.3, -0.25) is 0 Å². The fraction of sp³-hybridized carbons (Fsp3) is 0.250. The fourth-order valence-electron chi connectivity index (χ4n) is 3.31. The Morgan fingerprint density at radius 2 is 1.69 bits per heavy atom. The van der Waals surface area contributed by atoms with Crippen molar-refractivity contribution in [3.63, 3.8) is 0 Å². The fourth-order valence-corrected chi connectivity index (χ4v) is 3.31. The number of esters is 2. The Morgan fingerprint density at radius 1 is 1.00 bits per heavy atom. The summed E-state index contributed by atoms with van der Waals surface area (Å²) in [6.07, 6.45) is -1.13. The molecule has 0 bridgehead atoms. The standard InChI is InChI=1S/C24H22O5/c1-16-8-6-12-19-18(16)11-7-13-20(19)22(25)29-21(24(2)15-28-24)23(26)27-14-17-9-4-3-5-10-17/h3-13,21H,14-15H2,1-2H3/t21-,24+/m1/s1. The largest absolute Gasteiger partial charge is 0.458 e. The lowest BCUT2D eigenvalue weighted by Crippen LogP contribution is -2.40. The second-order valence-electron chi connectivity index (χ2n) is 7.46. The number of epoxide rings is 1. The van der Waals surface area contributed by atoms with Crippen LogP contribution in [0.15, 0.2) is 66.7 Å². The number of carbonyl (C=O) groups is 2. The topological polar surface area (TPSA) is 65.1 Å². The summed E-state index contributed by atoms with van der Waals surface area (Å²) in [5, 5.41) is 1.76. The van der Waals surface area contributed by atoms with Crippen molar-refractivity contribution < 1.29 is 23.8 Å². The third kappa shape index (κ3) is 4.00. The Bertz CT molecular complexity index is 1050. The van der Waals surface area contributed by atoms with E-state index >= 15 is 0 Å². The quantitative estimate of drug-likeness (QED) is 0.466. The molecule has 0 spiro atoms. The molecule has 5 heteroatoms. The SMILES string of the molecule is Cc1cccc2c(C(=O)O[C@H](C(=O)OCc3ccccc3)[C@]3(C)CO3)cccc12. The molecule has 0 aromatic heterocycles. The molecule has 148 valence electrons. The highest BCUT2D eigenvalue weighted by atomic mass is 16.7. The highest BCUT2D eigenvalue weighted by Crippen LogP contribution is 2.34. The zero-order valence-electron chi connectivity index (χ0n) is 16.4. The first kappa shape index (κ1) is 19.2. The van der Waals surface area contributed by atoms with Crippen molar-refractivity contribution >= 4 is 22.7 Å². The number of fused-ring (bicyclic) bond motifs is 1. The Morgan fingerprint density at radius 3 is 2.41 bits per heavy atom. The van der Waals surface area contributed by atoms with Gasteiger partial charge in [0.05, 0.1) is 12.2 Å². The van der Waals surface area contributed by atoms with Gasteiger partial charge in [0.1, 0.15) is 12.2 Å². The van der Waals surface area contributed by atoms with Crippen molar-refractivity contribution in [3.8, 4) is 0 Å². The minimum atomic E-state index is -1.13. The van der Waals surface area contributed by atoms with Crippen LogP contribution in [-0.2, 0) is 25.6 Å². The van der Waals surface area contributed by atoms with Gasteiger partial charge in [0.2, 0.25) is 6.10 Å². The number of hydrogen-bond donors (Lipinski definition) is 0. The van der Waals surface area contributed by atoms with Crippen LogP contribution in [0, 0.1) is 6.92 Å². The van der Waals surface area contributed by atoms with Crippen molar-refractivity contribution in [1.29, 1.82) is 0 Å². The lowest BCUT2D eigenvalue weighted by atomic mass is 10.0. The normalized spacial score (nSPS) is 18.8. The molecule has 0 amide bonds. The molecule has 0 radical (unpaired) electrons. The highest BCUT2D eigenvalue weighted by molar-refractivity contribution is 6.05. The molecule has 2 atom stereocenters. The second-order valence-corrected chi connectivity index (χ2v) is 7.46. The molecule has 29 heavy (non-hydrogen) atoms. The number of aryl methyl sites for hydroxylation is 1. The Hall–Kier alpha value is -3.18. The molecule has 3 aromatic carbocycles. The van der Waals surface area contributed by atoms with Crippen LogP contribution < -0.4 is 0 Å². The van der Waals surface area contributed by atoms with E-state index in [2.05, 4.69) is 0 Å². The van der Waals surface area contributed by atoms with Gasteiger partial charge in [-0.25, -0.2) is 9.59 Å². The molecule has 1 aliphatic rings. The average molecular weight is 390 g/mol. The lowest BCUT2D eigenvalue weighted by molar-refractivity contribution is -0.158. The molecule has 5 nitrogen and oxygen atoms in total. The molecule has 1 heterocycles. The number of carbonyl (C=O) groups excluding carboxylic acids is 2. The van der Waals surface area contributed by atoms with E-state index in [1.807, 2.05) is 67.6 Å². The van der Waals surface area contributed by atoms with Crippen LogP contribution in [0.5, 0.6) is 0 Å². The monoisotopic (exact) mass is 390 g/mol. The summed E-state index contributed by atoms with van der Waals surface area (Å²) >= 11 is 0.